The minimum absolute atomic E-state index is 0.0290. The van der Waals surface area contributed by atoms with Crippen molar-refractivity contribution in [3.63, 3.8) is 0 Å². The van der Waals surface area contributed by atoms with Crippen LogP contribution in [0.15, 0.2) is 121 Å². The number of aryl methyl sites for hydroxylation is 2. The molecule has 13 rings (SSSR count). The Kier molecular flexibility index (Phi) is 9.44. The van der Waals surface area contributed by atoms with Crippen LogP contribution >= 0.6 is 0 Å². The van der Waals surface area contributed by atoms with Crippen LogP contribution in [0.3, 0.4) is 0 Å². The van der Waals surface area contributed by atoms with Crippen LogP contribution in [0, 0.1) is 13.8 Å². The van der Waals surface area contributed by atoms with Crippen molar-refractivity contribution < 1.29 is 0 Å². The SMILES string of the molecule is Cc1cccc(N(c2cccc(C)c2)c2cc3c4c5c2c2ccccc2n5-c2cc5c(cc2B4N(c2ccc4c(c2)C(C)(C)CCC4(C)C)c2cc4c(cc2-3)C(C)(C)CCC4(C)C)C(C)(C)CCC5(C)C)c1. The van der Waals surface area contributed by atoms with Crippen molar-refractivity contribution in [3.8, 4) is 16.8 Å². The average Bonchev–Trinajstić information content (AvgIpc) is 3.68. The predicted octanol–water partition coefficient (Wildman–Crippen LogP) is 17.2. The molecule has 0 spiro atoms. The van der Waals surface area contributed by atoms with Crippen molar-refractivity contribution >= 4 is 68.0 Å². The zero-order valence-electron chi connectivity index (χ0n) is 45.7. The van der Waals surface area contributed by atoms with E-state index in [9.17, 15) is 0 Å². The summed E-state index contributed by atoms with van der Waals surface area (Å²) in [5.74, 6) is 0. The van der Waals surface area contributed by atoms with Gasteiger partial charge < -0.3 is 14.3 Å². The first-order chi connectivity index (χ1) is 34.0. The van der Waals surface area contributed by atoms with Gasteiger partial charge in [0.05, 0.1) is 16.7 Å². The third kappa shape index (κ3) is 6.42. The molecule has 3 aliphatic carbocycles. The second kappa shape index (κ2) is 14.8. The van der Waals surface area contributed by atoms with Gasteiger partial charge >= 0.3 is 6.85 Å². The van der Waals surface area contributed by atoms with Crippen LogP contribution in [0.5, 0.6) is 0 Å². The summed E-state index contributed by atoms with van der Waals surface area (Å²) in [5.41, 5.74) is 27.6. The van der Waals surface area contributed by atoms with Gasteiger partial charge in [-0.3, -0.25) is 0 Å². The molecule has 3 nitrogen and oxygen atoms in total. The third-order valence-electron chi connectivity index (χ3n) is 19.4. The first-order valence-corrected chi connectivity index (χ1v) is 27.3. The lowest BCUT2D eigenvalue weighted by atomic mass is 9.43. The van der Waals surface area contributed by atoms with E-state index in [0.717, 1.165) is 6.42 Å². The Labute approximate surface area is 430 Å². The third-order valence-corrected chi connectivity index (χ3v) is 19.4. The van der Waals surface area contributed by atoms with Gasteiger partial charge in [0.2, 0.25) is 0 Å². The van der Waals surface area contributed by atoms with Crippen LogP contribution < -0.4 is 20.6 Å². The Hall–Kier alpha value is -6.00. The van der Waals surface area contributed by atoms with Crippen LogP contribution in [0.1, 0.15) is 166 Å². The van der Waals surface area contributed by atoms with Gasteiger partial charge in [-0.05, 0) is 213 Å². The molecule has 2 aliphatic heterocycles. The summed E-state index contributed by atoms with van der Waals surface area (Å²) in [4.78, 5) is 5.44. The van der Waals surface area contributed by atoms with Gasteiger partial charge in [-0.15, -0.1) is 0 Å². The lowest BCUT2D eigenvalue weighted by Crippen LogP contribution is -2.61. The van der Waals surface area contributed by atoms with Crippen LogP contribution in [0.2, 0.25) is 0 Å². The number of rotatable bonds is 4. The molecule has 7 aromatic carbocycles. The fraction of sp³-hybridized carbons (Fsp3) is 0.382. The molecule has 0 atom stereocenters. The highest BCUT2D eigenvalue weighted by atomic mass is 15.2. The molecule has 8 aromatic rings. The molecule has 0 saturated carbocycles. The minimum Gasteiger partial charge on any atom is -0.376 e. The number of para-hydroxylation sites is 1. The fourth-order valence-corrected chi connectivity index (χ4v) is 14.7. The van der Waals surface area contributed by atoms with E-state index in [-0.39, 0.29) is 39.3 Å². The molecular formula is C68H74BN3. The number of nitrogens with zero attached hydrogens (tertiary/aromatic N) is 3. The molecule has 0 N–H and O–H groups in total. The van der Waals surface area contributed by atoms with Crippen LogP contribution in [0.25, 0.3) is 38.6 Å². The zero-order chi connectivity index (χ0) is 50.4. The number of aromatic nitrogens is 1. The second-order valence-electron chi connectivity index (χ2n) is 27.1. The van der Waals surface area contributed by atoms with E-state index in [4.69, 9.17) is 0 Å². The number of benzene rings is 7. The zero-order valence-corrected chi connectivity index (χ0v) is 45.7. The molecule has 5 aliphatic rings. The van der Waals surface area contributed by atoms with Gasteiger partial charge in [0.15, 0.2) is 0 Å². The van der Waals surface area contributed by atoms with E-state index >= 15 is 0 Å². The molecule has 72 heavy (non-hydrogen) atoms. The second-order valence-corrected chi connectivity index (χ2v) is 27.1. The van der Waals surface area contributed by atoms with Crippen molar-refractivity contribution in [1.29, 1.82) is 0 Å². The summed E-state index contributed by atoms with van der Waals surface area (Å²) in [5, 5.41) is 2.61. The normalized spacial score (nSPS) is 19.8. The quantitative estimate of drug-likeness (QED) is 0.163. The first kappa shape index (κ1) is 45.8. The maximum absolute atomic E-state index is 2.86. The topological polar surface area (TPSA) is 11.4 Å². The number of fused-ring (bicyclic) bond motifs is 11. The molecule has 4 heteroatoms. The molecule has 0 amide bonds. The minimum atomic E-state index is -0.0797. The van der Waals surface area contributed by atoms with Crippen molar-refractivity contribution in [2.24, 2.45) is 0 Å². The molecule has 0 radical (unpaired) electrons. The smallest absolute Gasteiger partial charge is 0.333 e. The molecule has 0 saturated heterocycles. The van der Waals surface area contributed by atoms with E-state index in [1.165, 1.54) is 155 Å². The predicted molar refractivity (Wildman–Crippen MR) is 310 cm³/mol. The average molecular weight is 944 g/mol. The Balaban J connectivity index is 1.25. The summed E-state index contributed by atoms with van der Waals surface area (Å²) in [6.07, 6.45) is 7.05. The molecule has 0 fully saturated rings. The standard InChI is InChI=1S/C68H74BN3/c1-41-19-17-21-43(33-41)70(44-22-18-20-42(2)34-44)59-37-48-47-36-51-53(67(11,12)31-29-65(51,7)8)39-57(47)72(45-25-26-49-50(35-45)64(5,6)28-27-63(49,3)4)69-55-38-52-54(68(13,14)32-30-66(52,9)10)40-58(55)71-56-24-16-15-23-46(56)60(59)62(71)61(48)69/h15-26,33-40H,27-32H2,1-14H3. The molecule has 364 valence electrons. The maximum atomic E-state index is 2.86. The highest BCUT2D eigenvalue weighted by Gasteiger charge is 2.50. The lowest BCUT2D eigenvalue weighted by molar-refractivity contribution is 0.332. The fourth-order valence-electron chi connectivity index (χ4n) is 14.7. The van der Waals surface area contributed by atoms with Crippen molar-refractivity contribution in [2.75, 3.05) is 9.71 Å². The van der Waals surface area contributed by atoms with Crippen molar-refractivity contribution in [2.45, 2.75) is 168 Å². The van der Waals surface area contributed by atoms with Gasteiger partial charge in [0, 0.05) is 44.8 Å². The maximum Gasteiger partial charge on any atom is 0.333 e. The van der Waals surface area contributed by atoms with Gasteiger partial charge in [0.1, 0.15) is 0 Å². The van der Waals surface area contributed by atoms with E-state index in [0.29, 0.717) is 0 Å². The molecule has 1 aromatic heterocycles. The van der Waals surface area contributed by atoms with E-state index < -0.39 is 0 Å². The van der Waals surface area contributed by atoms with E-state index in [1.54, 1.807) is 0 Å². The first-order valence-electron chi connectivity index (χ1n) is 27.3. The Morgan fingerprint density at radius 1 is 0.444 bits per heavy atom. The van der Waals surface area contributed by atoms with E-state index in [1.807, 2.05) is 0 Å². The number of anilines is 5. The highest BCUT2D eigenvalue weighted by Crippen LogP contribution is 2.57. The van der Waals surface area contributed by atoms with Gasteiger partial charge in [-0.25, -0.2) is 0 Å². The largest absolute Gasteiger partial charge is 0.376 e. The van der Waals surface area contributed by atoms with Crippen molar-refractivity contribution in [1.82, 2.24) is 4.57 Å². The Bertz CT molecular complexity index is 3600. The summed E-state index contributed by atoms with van der Waals surface area (Å²) >= 11 is 0. The summed E-state index contributed by atoms with van der Waals surface area (Å²) in [6.45, 7) is 34.3. The van der Waals surface area contributed by atoms with Crippen LogP contribution in [-0.2, 0) is 32.5 Å². The lowest BCUT2D eigenvalue weighted by Gasteiger charge is -2.48. The summed E-state index contributed by atoms with van der Waals surface area (Å²) < 4.78 is 2.73. The summed E-state index contributed by atoms with van der Waals surface area (Å²) in [7, 11) is 0. The highest BCUT2D eigenvalue weighted by molar-refractivity contribution is 6.93. The van der Waals surface area contributed by atoms with Gasteiger partial charge in [-0.2, -0.15) is 0 Å². The van der Waals surface area contributed by atoms with Gasteiger partial charge in [-0.1, -0.05) is 138 Å². The van der Waals surface area contributed by atoms with E-state index in [2.05, 4.69) is 233 Å². The Morgan fingerprint density at radius 2 is 0.944 bits per heavy atom. The Morgan fingerprint density at radius 3 is 1.51 bits per heavy atom. The molecular weight excluding hydrogens is 870 g/mol. The van der Waals surface area contributed by atoms with Crippen molar-refractivity contribution in [3.05, 3.63) is 166 Å². The van der Waals surface area contributed by atoms with Crippen LogP contribution in [-0.4, -0.2) is 11.4 Å². The molecule has 0 bridgehead atoms. The summed E-state index contributed by atoms with van der Waals surface area (Å²) in [6, 6.07) is 48.8. The number of hydrogen-bond donors (Lipinski definition) is 0. The van der Waals surface area contributed by atoms with Crippen LogP contribution in [0.4, 0.5) is 28.4 Å². The number of hydrogen-bond acceptors (Lipinski definition) is 2. The molecule has 3 heterocycles. The monoisotopic (exact) mass is 944 g/mol. The van der Waals surface area contributed by atoms with Gasteiger partial charge in [0.25, 0.3) is 0 Å². The molecule has 0 unspecified atom stereocenters.